The number of hydrogen-bond donors (Lipinski definition) is 3. The Morgan fingerprint density at radius 2 is 2.00 bits per heavy atom. The first kappa shape index (κ1) is 14.3. The van der Waals surface area contributed by atoms with Crippen LogP contribution in [-0.4, -0.2) is 42.3 Å². The Morgan fingerprint density at radius 1 is 1.32 bits per heavy atom. The lowest BCUT2D eigenvalue weighted by molar-refractivity contribution is -0.148. The van der Waals surface area contributed by atoms with E-state index in [1.165, 1.54) is 0 Å². The van der Waals surface area contributed by atoms with Gasteiger partial charge in [-0.3, -0.25) is 4.79 Å². The van der Waals surface area contributed by atoms with Crippen molar-refractivity contribution in [3.05, 3.63) is 0 Å². The largest absolute Gasteiger partial charge is 0.479 e. The van der Waals surface area contributed by atoms with Gasteiger partial charge in [-0.2, -0.15) is 0 Å². The number of amides is 1. The van der Waals surface area contributed by atoms with E-state index in [4.69, 9.17) is 10.5 Å². The van der Waals surface area contributed by atoms with Gasteiger partial charge in [0, 0.05) is 18.9 Å². The lowest BCUT2D eigenvalue weighted by Gasteiger charge is -2.30. The number of nitrogens with two attached hydrogens (primary N) is 1. The zero-order valence-corrected chi connectivity index (χ0v) is 11.1. The molecule has 0 aromatic heterocycles. The van der Waals surface area contributed by atoms with E-state index in [1.54, 1.807) is 0 Å². The summed E-state index contributed by atoms with van der Waals surface area (Å²) in [5.41, 5.74) is 4.40. The van der Waals surface area contributed by atoms with Crippen LogP contribution in [-0.2, 0) is 14.3 Å². The summed E-state index contributed by atoms with van der Waals surface area (Å²) < 4.78 is 5.13. The molecule has 0 aromatic rings. The highest BCUT2D eigenvalue weighted by Crippen LogP contribution is 2.29. The summed E-state index contributed by atoms with van der Waals surface area (Å²) in [6.07, 6.45) is 3.83. The van der Waals surface area contributed by atoms with Gasteiger partial charge in [-0.05, 0) is 38.1 Å². The van der Waals surface area contributed by atoms with Gasteiger partial charge in [0.15, 0.2) is 5.54 Å². The average Bonchev–Trinajstić information content (AvgIpc) is 2.88. The molecule has 6 nitrogen and oxygen atoms in total. The lowest BCUT2D eigenvalue weighted by Crippen LogP contribution is -2.56. The second-order valence-electron chi connectivity index (χ2n) is 5.63. The van der Waals surface area contributed by atoms with Gasteiger partial charge in [0.05, 0.1) is 6.61 Å². The van der Waals surface area contributed by atoms with Crippen LogP contribution < -0.4 is 11.1 Å². The molecule has 2 fully saturated rings. The first-order valence-electron chi connectivity index (χ1n) is 6.90. The van der Waals surface area contributed by atoms with E-state index in [-0.39, 0.29) is 18.4 Å². The third-order valence-electron chi connectivity index (χ3n) is 4.34. The molecule has 1 unspecified atom stereocenters. The minimum atomic E-state index is -1.22. The number of hydrogen-bond acceptors (Lipinski definition) is 4. The molecule has 4 N–H and O–H groups in total. The Kier molecular flexibility index (Phi) is 4.42. The van der Waals surface area contributed by atoms with E-state index >= 15 is 0 Å². The monoisotopic (exact) mass is 270 g/mol. The smallest absolute Gasteiger partial charge is 0.331 e. The molecule has 2 aliphatic rings. The molecule has 108 valence electrons. The molecular weight excluding hydrogens is 248 g/mol. The number of carboxylic acids is 1. The zero-order valence-electron chi connectivity index (χ0n) is 11.1. The van der Waals surface area contributed by atoms with Crippen LogP contribution in [0.1, 0.15) is 32.1 Å². The van der Waals surface area contributed by atoms with E-state index < -0.39 is 11.5 Å². The maximum Gasteiger partial charge on any atom is 0.331 e. The van der Waals surface area contributed by atoms with Crippen LogP contribution >= 0.6 is 0 Å². The highest BCUT2D eigenvalue weighted by atomic mass is 16.5. The number of nitrogens with one attached hydrogen (secondary N) is 1. The molecular formula is C13H22N2O4. The Bertz CT molecular complexity index is 345. The fraction of sp³-hybridized carbons (Fsp3) is 0.846. The summed E-state index contributed by atoms with van der Waals surface area (Å²) >= 11 is 0. The van der Waals surface area contributed by atoms with Crippen molar-refractivity contribution >= 4 is 11.9 Å². The summed E-state index contributed by atoms with van der Waals surface area (Å²) in [5, 5.41) is 12.0. The van der Waals surface area contributed by atoms with E-state index in [0.29, 0.717) is 25.5 Å². The third-order valence-corrected chi connectivity index (χ3v) is 4.34. The molecule has 1 aliphatic heterocycles. The number of aliphatic carboxylic acids is 1. The van der Waals surface area contributed by atoms with Crippen LogP contribution in [0.2, 0.25) is 0 Å². The molecule has 1 atom stereocenters. The maximum atomic E-state index is 12.2. The summed E-state index contributed by atoms with van der Waals surface area (Å²) in [5.74, 6) is -0.732. The first-order chi connectivity index (χ1) is 9.07. The second-order valence-corrected chi connectivity index (χ2v) is 5.63. The van der Waals surface area contributed by atoms with E-state index in [0.717, 1.165) is 25.7 Å². The number of ether oxygens (including phenoxy) is 1. The topological polar surface area (TPSA) is 102 Å². The molecule has 0 aromatic carbocycles. The molecule has 0 bridgehead atoms. The molecule has 2 rings (SSSR count). The molecule has 1 saturated carbocycles. The Balaban J connectivity index is 1.92. The summed E-state index contributed by atoms with van der Waals surface area (Å²) in [6, 6.07) is 0. The van der Waals surface area contributed by atoms with Crippen molar-refractivity contribution in [3.8, 4) is 0 Å². The van der Waals surface area contributed by atoms with Crippen molar-refractivity contribution < 1.29 is 19.4 Å². The SMILES string of the molecule is NCC1CCC(C(=O)NC2(C(=O)O)CCOC2)CC1. The maximum absolute atomic E-state index is 12.2. The summed E-state index contributed by atoms with van der Waals surface area (Å²) in [7, 11) is 0. The second kappa shape index (κ2) is 5.88. The molecule has 1 saturated heterocycles. The predicted molar refractivity (Wildman–Crippen MR) is 68.4 cm³/mol. The van der Waals surface area contributed by atoms with Crippen LogP contribution in [0, 0.1) is 11.8 Å². The highest BCUT2D eigenvalue weighted by molar-refractivity contribution is 5.88. The van der Waals surface area contributed by atoms with Gasteiger partial charge in [0.1, 0.15) is 0 Å². The quantitative estimate of drug-likeness (QED) is 0.673. The van der Waals surface area contributed by atoms with Crippen LogP contribution in [0.15, 0.2) is 0 Å². The van der Waals surface area contributed by atoms with Crippen LogP contribution in [0.5, 0.6) is 0 Å². The van der Waals surface area contributed by atoms with Gasteiger partial charge < -0.3 is 20.9 Å². The van der Waals surface area contributed by atoms with Crippen LogP contribution in [0.25, 0.3) is 0 Å². The Labute approximate surface area is 112 Å². The van der Waals surface area contributed by atoms with Gasteiger partial charge in [0.25, 0.3) is 0 Å². The molecule has 1 amide bonds. The van der Waals surface area contributed by atoms with E-state index in [2.05, 4.69) is 5.32 Å². The minimum Gasteiger partial charge on any atom is -0.479 e. The van der Waals surface area contributed by atoms with Crippen LogP contribution in [0.3, 0.4) is 0 Å². The number of carbonyl (C=O) groups excluding carboxylic acids is 1. The Hall–Kier alpha value is -1.14. The van der Waals surface area contributed by atoms with Crippen molar-refractivity contribution in [2.45, 2.75) is 37.6 Å². The fourth-order valence-electron chi connectivity index (χ4n) is 2.88. The van der Waals surface area contributed by atoms with Gasteiger partial charge in [-0.15, -0.1) is 0 Å². The van der Waals surface area contributed by atoms with E-state index in [1.807, 2.05) is 0 Å². The summed E-state index contributed by atoms with van der Waals surface area (Å²) in [6.45, 7) is 1.11. The van der Waals surface area contributed by atoms with Crippen molar-refractivity contribution in [1.82, 2.24) is 5.32 Å². The van der Waals surface area contributed by atoms with Gasteiger partial charge >= 0.3 is 5.97 Å². The van der Waals surface area contributed by atoms with Gasteiger partial charge in [-0.1, -0.05) is 0 Å². The standard InChI is InChI=1S/C13H22N2O4/c14-7-9-1-3-10(4-2-9)11(16)15-13(12(17)18)5-6-19-8-13/h9-10H,1-8,14H2,(H,15,16)(H,17,18). The molecule has 0 radical (unpaired) electrons. The third kappa shape index (κ3) is 3.06. The minimum absolute atomic E-state index is 0.0617. The van der Waals surface area contributed by atoms with Gasteiger partial charge in [0.2, 0.25) is 5.91 Å². The van der Waals surface area contributed by atoms with Crippen LogP contribution in [0.4, 0.5) is 0 Å². The number of carboxylic acid groups (broad SMARTS) is 1. The predicted octanol–water partition coefficient (Wildman–Crippen LogP) is 0.111. The van der Waals surface area contributed by atoms with Crippen molar-refractivity contribution in [2.75, 3.05) is 19.8 Å². The lowest BCUT2D eigenvalue weighted by atomic mass is 9.81. The Morgan fingerprint density at radius 3 is 2.47 bits per heavy atom. The van der Waals surface area contributed by atoms with Gasteiger partial charge in [-0.25, -0.2) is 4.79 Å². The average molecular weight is 270 g/mol. The zero-order chi connectivity index (χ0) is 13.9. The highest BCUT2D eigenvalue weighted by Gasteiger charge is 2.45. The number of rotatable bonds is 4. The molecule has 1 aliphatic carbocycles. The number of carbonyl (C=O) groups is 2. The molecule has 19 heavy (non-hydrogen) atoms. The normalized spacial score (nSPS) is 35.0. The molecule has 1 heterocycles. The first-order valence-corrected chi connectivity index (χ1v) is 6.90. The van der Waals surface area contributed by atoms with Crippen molar-refractivity contribution in [3.63, 3.8) is 0 Å². The van der Waals surface area contributed by atoms with Crippen molar-refractivity contribution in [1.29, 1.82) is 0 Å². The molecule has 6 heteroatoms. The van der Waals surface area contributed by atoms with E-state index in [9.17, 15) is 14.7 Å². The fourth-order valence-corrected chi connectivity index (χ4v) is 2.88. The summed E-state index contributed by atoms with van der Waals surface area (Å²) in [4.78, 5) is 23.5. The molecule has 0 spiro atoms. The van der Waals surface area contributed by atoms with Crippen molar-refractivity contribution in [2.24, 2.45) is 17.6 Å².